The van der Waals surface area contributed by atoms with Gasteiger partial charge in [-0.3, -0.25) is 4.79 Å². The largest absolute Gasteiger partial charge is 0.406 e. The first-order valence-electron chi connectivity index (χ1n) is 3.19. The molecule has 2 nitrogen and oxygen atoms in total. The molecule has 0 aromatic heterocycles. The molecule has 0 unspecified atom stereocenters. The molecule has 0 aliphatic rings. The van der Waals surface area contributed by atoms with Crippen LogP contribution >= 0.6 is 0 Å². The summed E-state index contributed by atoms with van der Waals surface area (Å²) in [6, 6.07) is 0. The molecule has 0 aliphatic carbocycles. The summed E-state index contributed by atoms with van der Waals surface area (Å²) in [4.78, 5) is 11.2. The van der Waals surface area contributed by atoms with Gasteiger partial charge in [-0.15, -0.1) is 0 Å². The summed E-state index contributed by atoms with van der Waals surface area (Å²) >= 11 is 0. The van der Waals surface area contributed by atoms with Crippen molar-refractivity contribution in [1.82, 2.24) is 4.90 Å². The Balaban J connectivity index is 3.99. The highest BCUT2D eigenvalue weighted by molar-refractivity contribution is 5.73. The molecule has 0 atom stereocenters. The second-order valence-corrected chi connectivity index (χ2v) is 2.15. The number of hydrogen-bond donors (Lipinski definition) is 0. The van der Waals surface area contributed by atoms with Crippen molar-refractivity contribution in [3.8, 4) is 0 Å². The van der Waals surface area contributed by atoms with Gasteiger partial charge < -0.3 is 4.90 Å². The minimum atomic E-state index is -4.29. The Morgan fingerprint density at radius 3 is 2.00 bits per heavy atom. The summed E-state index contributed by atoms with van der Waals surface area (Å²) in [5.41, 5.74) is 0. The first-order chi connectivity index (χ1) is 4.87. The molecular weight excluding hydrogens is 159 g/mol. The lowest BCUT2D eigenvalue weighted by Gasteiger charge is -2.20. The number of carbonyl (C=O) groups is 1. The van der Waals surface area contributed by atoms with Crippen molar-refractivity contribution in [3.63, 3.8) is 0 Å². The van der Waals surface area contributed by atoms with Gasteiger partial charge in [-0.25, -0.2) is 0 Å². The van der Waals surface area contributed by atoms with Crippen molar-refractivity contribution in [3.05, 3.63) is 0 Å². The maximum absolute atomic E-state index is 11.7. The van der Waals surface area contributed by atoms with Crippen molar-refractivity contribution < 1.29 is 18.0 Å². The molecule has 0 heterocycles. The molecule has 0 saturated heterocycles. The van der Waals surface area contributed by atoms with Crippen LogP contribution in [0.5, 0.6) is 0 Å². The van der Waals surface area contributed by atoms with E-state index >= 15 is 0 Å². The average molecular weight is 169 g/mol. The number of alkyl halides is 3. The first-order valence-corrected chi connectivity index (χ1v) is 3.19. The summed E-state index contributed by atoms with van der Waals surface area (Å²) in [6.45, 7) is 1.57. The Hall–Kier alpha value is -0.740. The molecule has 0 bridgehead atoms. The van der Waals surface area contributed by atoms with E-state index in [-0.39, 0.29) is 6.54 Å². The van der Waals surface area contributed by atoms with Crippen LogP contribution in [0.15, 0.2) is 0 Å². The van der Waals surface area contributed by atoms with Crippen molar-refractivity contribution >= 4 is 5.91 Å². The topological polar surface area (TPSA) is 20.3 Å². The minimum absolute atomic E-state index is 0.0921. The third-order valence-electron chi connectivity index (χ3n) is 1.20. The van der Waals surface area contributed by atoms with Gasteiger partial charge >= 0.3 is 6.18 Å². The fourth-order valence-corrected chi connectivity index (χ4v) is 0.662. The molecule has 66 valence electrons. The van der Waals surface area contributed by atoms with E-state index < -0.39 is 18.6 Å². The summed E-state index contributed by atoms with van der Waals surface area (Å²) in [7, 11) is 0. The molecule has 0 fully saturated rings. The smallest absolute Gasteiger partial charge is 0.334 e. The Labute approximate surface area is 63.0 Å². The molecule has 0 radical (unpaired) electrons. The van der Waals surface area contributed by atoms with Crippen LogP contribution in [0.2, 0.25) is 0 Å². The normalized spacial score (nSPS) is 11.4. The quantitative estimate of drug-likeness (QED) is 0.612. The van der Waals surface area contributed by atoms with Gasteiger partial charge in [0, 0.05) is 13.5 Å². The fourth-order valence-electron chi connectivity index (χ4n) is 0.662. The average Bonchev–Trinajstić information content (AvgIpc) is 1.80. The lowest BCUT2D eigenvalue weighted by molar-refractivity contribution is -0.159. The van der Waals surface area contributed by atoms with E-state index in [0.29, 0.717) is 0 Å². The molecule has 1 amide bonds. The van der Waals surface area contributed by atoms with Gasteiger partial charge in [-0.1, -0.05) is 0 Å². The Kier molecular flexibility index (Phi) is 3.35. The van der Waals surface area contributed by atoms with E-state index in [1.807, 2.05) is 0 Å². The number of rotatable bonds is 2. The molecular formula is C6H10F3NO. The van der Waals surface area contributed by atoms with Gasteiger partial charge in [0.15, 0.2) is 0 Å². The summed E-state index contributed by atoms with van der Waals surface area (Å²) in [5.74, 6) is -0.551. The van der Waals surface area contributed by atoms with Crippen LogP contribution in [0.1, 0.15) is 13.8 Å². The van der Waals surface area contributed by atoms with Crippen LogP contribution in [0.3, 0.4) is 0 Å². The van der Waals surface area contributed by atoms with Gasteiger partial charge in [0.2, 0.25) is 5.91 Å². The zero-order valence-corrected chi connectivity index (χ0v) is 6.40. The predicted octanol–water partition coefficient (Wildman–Crippen LogP) is 1.42. The highest BCUT2D eigenvalue weighted by Gasteiger charge is 2.30. The number of amides is 1. The summed E-state index contributed by atoms with van der Waals surface area (Å²) in [5, 5.41) is 0. The number of hydrogen-bond acceptors (Lipinski definition) is 1. The third-order valence-corrected chi connectivity index (χ3v) is 1.20. The molecule has 0 aromatic carbocycles. The molecule has 5 heteroatoms. The van der Waals surface area contributed by atoms with Gasteiger partial charge in [-0.2, -0.15) is 13.2 Å². The van der Waals surface area contributed by atoms with Crippen LogP contribution in [0, 0.1) is 0 Å². The first kappa shape index (κ1) is 10.3. The number of nitrogens with zero attached hydrogens (tertiary/aromatic N) is 1. The predicted molar refractivity (Wildman–Crippen MR) is 34.0 cm³/mol. The highest BCUT2D eigenvalue weighted by atomic mass is 19.4. The van der Waals surface area contributed by atoms with Crippen LogP contribution in [0.25, 0.3) is 0 Å². The van der Waals surface area contributed by atoms with E-state index in [9.17, 15) is 18.0 Å². The molecule has 0 rings (SSSR count). The van der Waals surface area contributed by atoms with Crippen LogP contribution < -0.4 is 0 Å². The summed E-state index contributed by atoms with van der Waals surface area (Å²) < 4.78 is 35.0. The SMILES string of the molecule is CCN(CC(F)(F)F)C(C)=O. The van der Waals surface area contributed by atoms with Crippen molar-refractivity contribution in [2.75, 3.05) is 13.1 Å². The molecule has 11 heavy (non-hydrogen) atoms. The van der Waals surface area contributed by atoms with E-state index in [0.717, 1.165) is 11.8 Å². The molecule has 0 saturated carbocycles. The molecule has 0 N–H and O–H groups in total. The van der Waals surface area contributed by atoms with E-state index in [1.165, 1.54) is 6.92 Å². The fraction of sp³-hybridized carbons (Fsp3) is 0.833. The zero-order valence-electron chi connectivity index (χ0n) is 6.40. The second kappa shape index (κ2) is 3.59. The lowest BCUT2D eigenvalue weighted by atomic mass is 10.4. The Bertz CT molecular complexity index is 143. The highest BCUT2D eigenvalue weighted by Crippen LogP contribution is 2.15. The molecule has 0 spiro atoms. The van der Waals surface area contributed by atoms with Crippen molar-refractivity contribution in [2.24, 2.45) is 0 Å². The monoisotopic (exact) mass is 169 g/mol. The van der Waals surface area contributed by atoms with Crippen LogP contribution in [-0.2, 0) is 4.79 Å². The summed E-state index contributed by atoms with van der Waals surface area (Å²) in [6.07, 6.45) is -4.29. The maximum atomic E-state index is 11.7. The standard InChI is InChI=1S/C6H10F3NO/c1-3-10(5(2)11)4-6(7,8)9/h3-4H2,1-2H3. The van der Waals surface area contributed by atoms with Gasteiger partial charge in [0.05, 0.1) is 0 Å². The second-order valence-electron chi connectivity index (χ2n) is 2.15. The van der Waals surface area contributed by atoms with E-state index in [2.05, 4.69) is 0 Å². The zero-order chi connectivity index (χ0) is 9.07. The molecule has 0 aliphatic heterocycles. The van der Waals surface area contributed by atoms with E-state index in [1.54, 1.807) is 0 Å². The number of carbonyl (C=O) groups excluding carboxylic acids is 1. The lowest BCUT2D eigenvalue weighted by Crippen LogP contribution is -2.37. The maximum Gasteiger partial charge on any atom is 0.406 e. The Morgan fingerprint density at radius 1 is 1.45 bits per heavy atom. The third kappa shape index (κ3) is 4.64. The van der Waals surface area contributed by atoms with Crippen LogP contribution in [-0.4, -0.2) is 30.1 Å². The van der Waals surface area contributed by atoms with Crippen molar-refractivity contribution in [1.29, 1.82) is 0 Å². The van der Waals surface area contributed by atoms with E-state index in [4.69, 9.17) is 0 Å². The van der Waals surface area contributed by atoms with Crippen LogP contribution in [0.4, 0.5) is 13.2 Å². The van der Waals surface area contributed by atoms with Gasteiger partial charge in [-0.05, 0) is 6.92 Å². The van der Waals surface area contributed by atoms with Gasteiger partial charge in [0.1, 0.15) is 6.54 Å². The minimum Gasteiger partial charge on any atom is -0.334 e. The van der Waals surface area contributed by atoms with Crippen molar-refractivity contribution in [2.45, 2.75) is 20.0 Å². The number of halogens is 3. The molecule has 0 aromatic rings. The Morgan fingerprint density at radius 2 is 1.91 bits per heavy atom. The van der Waals surface area contributed by atoms with Gasteiger partial charge in [0.25, 0.3) is 0 Å².